The molecule has 0 aromatic heterocycles. The van der Waals surface area contributed by atoms with Gasteiger partial charge in [-0.1, -0.05) is 20.8 Å². The smallest absolute Gasteiger partial charge is 0.150 e. The van der Waals surface area contributed by atoms with Gasteiger partial charge in [0.15, 0.2) is 0 Å². The minimum absolute atomic E-state index is 0.208. The highest BCUT2D eigenvalue weighted by Gasteiger charge is 2.32. The van der Waals surface area contributed by atoms with Crippen molar-refractivity contribution in [3.63, 3.8) is 0 Å². The second-order valence-corrected chi connectivity index (χ2v) is 7.96. The van der Waals surface area contributed by atoms with Gasteiger partial charge in [0, 0.05) is 18.4 Å². The fourth-order valence-electron chi connectivity index (χ4n) is 2.37. The van der Waals surface area contributed by atoms with E-state index in [4.69, 9.17) is 4.74 Å². The number of sulfone groups is 1. The zero-order chi connectivity index (χ0) is 15.6. The molecule has 4 nitrogen and oxygen atoms in total. The Morgan fingerprint density at radius 1 is 1.20 bits per heavy atom. The Labute approximate surface area is 125 Å². The molecule has 0 radical (unpaired) electrons. The van der Waals surface area contributed by atoms with Gasteiger partial charge in [0.2, 0.25) is 0 Å². The SMILES string of the molecule is CCCNC(CCCS(=O)(=O)CC)C(C)(CC)OCC. The molecule has 1 N–H and O–H groups in total. The summed E-state index contributed by atoms with van der Waals surface area (Å²) >= 11 is 0. The van der Waals surface area contributed by atoms with Crippen molar-refractivity contribution in [1.82, 2.24) is 5.32 Å². The molecular weight excluding hydrogens is 274 g/mol. The Hall–Kier alpha value is -0.130. The number of hydrogen-bond acceptors (Lipinski definition) is 4. The van der Waals surface area contributed by atoms with Crippen LogP contribution in [0.15, 0.2) is 0 Å². The maximum Gasteiger partial charge on any atom is 0.150 e. The highest BCUT2D eigenvalue weighted by molar-refractivity contribution is 7.91. The molecule has 0 aromatic carbocycles. The summed E-state index contributed by atoms with van der Waals surface area (Å²) in [6.45, 7) is 11.7. The quantitative estimate of drug-likeness (QED) is 0.602. The maximum atomic E-state index is 11.6. The molecule has 0 fully saturated rings. The first-order valence-corrected chi connectivity index (χ1v) is 9.75. The fraction of sp³-hybridized carbons (Fsp3) is 1.00. The minimum Gasteiger partial charge on any atom is -0.374 e. The first-order valence-electron chi connectivity index (χ1n) is 7.92. The summed E-state index contributed by atoms with van der Waals surface area (Å²) in [4.78, 5) is 0. The molecule has 0 heterocycles. The van der Waals surface area contributed by atoms with Gasteiger partial charge < -0.3 is 10.1 Å². The van der Waals surface area contributed by atoms with Crippen molar-refractivity contribution in [3.8, 4) is 0 Å². The van der Waals surface area contributed by atoms with Gasteiger partial charge in [-0.15, -0.1) is 0 Å². The highest BCUT2D eigenvalue weighted by Crippen LogP contribution is 2.24. The third-order valence-corrected chi connectivity index (χ3v) is 5.73. The van der Waals surface area contributed by atoms with Crippen LogP contribution in [0.2, 0.25) is 0 Å². The average molecular weight is 308 g/mol. The van der Waals surface area contributed by atoms with Crippen molar-refractivity contribution in [2.45, 2.75) is 71.9 Å². The molecule has 122 valence electrons. The van der Waals surface area contributed by atoms with E-state index in [-0.39, 0.29) is 23.1 Å². The Balaban J connectivity index is 4.62. The molecule has 0 spiro atoms. The van der Waals surface area contributed by atoms with E-state index in [1.165, 1.54) is 0 Å². The van der Waals surface area contributed by atoms with E-state index in [0.29, 0.717) is 13.0 Å². The zero-order valence-corrected chi connectivity index (χ0v) is 14.7. The van der Waals surface area contributed by atoms with Gasteiger partial charge in [-0.05, 0) is 46.1 Å². The van der Waals surface area contributed by atoms with Crippen molar-refractivity contribution >= 4 is 9.84 Å². The molecule has 0 aliphatic heterocycles. The topological polar surface area (TPSA) is 55.4 Å². The monoisotopic (exact) mass is 307 g/mol. The summed E-state index contributed by atoms with van der Waals surface area (Å²) in [6.07, 6.45) is 3.52. The number of rotatable bonds is 12. The fourth-order valence-corrected chi connectivity index (χ4v) is 3.27. The molecule has 0 saturated carbocycles. The molecule has 2 unspecified atom stereocenters. The molecule has 0 amide bonds. The van der Waals surface area contributed by atoms with E-state index >= 15 is 0 Å². The van der Waals surface area contributed by atoms with Gasteiger partial charge in [0.1, 0.15) is 9.84 Å². The summed E-state index contributed by atoms with van der Waals surface area (Å²) in [6, 6.07) is 0.208. The molecule has 0 aliphatic rings. The second-order valence-electron chi connectivity index (χ2n) is 5.48. The Morgan fingerprint density at radius 2 is 1.85 bits per heavy atom. The summed E-state index contributed by atoms with van der Waals surface area (Å²) in [5.74, 6) is 0.510. The summed E-state index contributed by atoms with van der Waals surface area (Å²) in [5, 5.41) is 3.53. The third kappa shape index (κ3) is 7.04. The van der Waals surface area contributed by atoms with Crippen LogP contribution in [0.3, 0.4) is 0 Å². The van der Waals surface area contributed by atoms with Crippen LogP contribution >= 0.6 is 0 Å². The Bertz CT molecular complexity index is 343. The second kappa shape index (κ2) is 9.74. The van der Waals surface area contributed by atoms with Crippen LogP contribution in [-0.4, -0.2) is 44.7 Å². The molecule has 0 rings (SSSR count). The lowest BCUT2D eigenvalue weighted by Crippen LogP contribution is -2.50. The largest absolute Gasteiger partial charge is 0.374 e. The molecule has 0 aromatic rings. The highest BCUT2D eigenvalue weighted by atomic mass is 32.2. The van der Waals surface area contributed by atoms with E-state index in [9.17, 15) is 8.42 Å². The van der Waals surface area contributed by atoms with Crippen molar-refractivity contribution < 1.29 is 13.2 Å². The lowest BCUT2D eigenvalue weighted by molar-refractivity contribution is -0.0570. The van der Waals surface area contributed by atoms with E-state index in [1.807, 2.05) is 6.92 Å². The Morgan fingerprint density at radius 3 is 2.30 bits per heavy atom. The number of nitrogens with one attached hydrogen (secondary N) is 1. The van der Waals surface area contributed by atoms with Crippen molar-refractivity contribution in [2.24, 2.45) is 0 Å². The van der Waals surface area contributed by atoms with E-state index in [0.717, 1.165) is 25.8 Å². The normalized spacial score (nSPS) is 16.9. The van der Waals surface area contributed by atoms with Crippen LogP contribution in [0.5, 0.6) is 0 Å². The van der Waals surface area contributed by atoms with Gasteiger partial charge in [0.25, 0.3) is 0 Å². The average Bonchev–Trinajstić information content (AvgIpc) is 2.42. The molecular formula is C15H33NO3S. The van der Waals surface area contributed by atoms with Gasteiger partial charge in [0.05, 0.1) is 11.4 Å². The Kier molecular flexibility index (Phi) is 9.68. The van der Waals surface area contributed by atoms with Crippen LogP contribution in [-0.2, 0) is 14.6 Å². The first kappa shape index (κ1) is 19.9. The van der Waals surface area contributed by atoms with Crippen LogP contribution in [0, 0.1) is 0 Å². The molecule has 2 atom stereocenters. The first-order chi connectivity index (χ1) is 9.35. The molecule has 5 heteroatoms. The lowest BCUT2D eigenvalue weighted by atomic mass is 9.89. The minimum atomic E-state index is -2.87. The summed E-state index contributed by atoms with van der Waals surface area (Å²) in [5.41, 5.74) is -0.222. The zero-order valence-electron chi connectivity index (χ0n) is 13.9. The van der Waals surface area contributed by atoms with Crippen LogP contribution in [0.1, 0.15) is 60.3 Å². The third-order valence-electron chi connectivity index (χ3n) is 3.94. The van der Waals surface area contributed by atoms with E-state index in [2.05, 4.69) is 26.1 Å². The maximum absolute atomic E-state index is 11.6. The number of ether oxygens (including phenoxy) is 1. The van der Waals surface area contributed by atoms with Crippen molar-refractivity contribution in [3.05, 3.63) is 0 Å². The van der Waals surface area contributed by atoms with Gasteiger partial charge in [-0.25, -0.2) is 8.42 Å². The molecule has 0 bridgehead atoms. The van der Waals surface area contributed by atoms with Crippen LogP contribution in [0.25, 0.3) is 0 Å². The molecule has 20 heavy (non-hydrogen) atoms. The summed E-state index contributed by atoms with van der Waals surface area (Å²) < 4.78 is 29.1. The van der Waals surface area contributed by atoms with Crippen LogP contribution < -0.4 is 5.32 Å². The standard InChI is InChI=1S/C15H33NO3S/c1-6-12-16-14(15(5,7-2)19-8-3)11-10-13-20(17,18)9-4/h14,16H,6-13H2,1-5H3. The molecule has 0 aliphatic carbocycles. The predicted octanol–water partition coefficient (Wildman–Crippen LogP) is 2.77. The van der Waals surface area contributed by atoms with Crippen molar-refractivity contribution in [1.29, 1.82) is 0 Å². The van der Waals surface area contributed by atoms with Gasteiger partial charge >= 0.3 is 0 Å². The number of hydrogen-bond donors (Lipinski definition) is 1. The van der Waals surface area contributed by atoms with Gasteiger partial charge in [-0.2, -0.15) is 0 Å². The molecule has 0 saturated heterocycles. The van der Waals surface area contributed by atoms with Crippen LogP contribution in [0.4, 0.5) is 0 Å². The van der Waals surface area contributed by atoms with E-state index in [1.54, 1.807) is 6.92 Å². The van der Waals surface area contributed by atoms with Crippen molar-refractivity contribution in [2.75, 3.05) is 24.7 Å². The summed E-state index contributed by atoms with van der Waals surface area (Å²) in [7, 11) is -2.87. The predicted molar refractivity (Wildman–Crippen MR) is 86.0 cm³/mol. The lowest BCUT2D eigenvalue weighted by Gasteiger charge is -2.37. The van der Waals surface area contributed by atoms with Gasteiger partial charge in [-0.3, -0.25) is 0 Å². The van der Waals surface area contributed by atoms with E-state index < -0.39 is 9.84 Å².